The fourth-order valence-electron chi connectivity index (χ4n) is 1.63. The van der Waals surface area contributed by atoms with Crippen LogP contribution in [0.4, 0.5) is 0 Å². The van der Waals surface area contributed by atoms with Gasteiger partial charge in [0.25, 0.3) is 0 Å². The molecule has 0 amide bonds. The molecule has 14 heavy (non-hydrogen) atoms. The van der Waals surface area contributed by atoms with Gasteiger partial charge in [0.15, 0.2) is 0 Å². The predicted molar refractivity (Wildman–Crippen MR) is 59.5 cm³/mol. The van der Waals surface area contributed by atoms with Crippen LogP contribution in [0.1, 0.15) is 25.0 Å². The van der Waals surface area contributed by atoms with Crippen molar-refractivity contribution in [3.63, 3.8) is 0 Å². The molecule has 0 saturated heterocycles. The van der Waals surface area contributed by atoms with Crippen LogP contribution in [0.15, 0.2) is 18.2 Å². The van der Waals surface area contributed by atoms with Crippen LogP contribution in [0.25, 0.3) is 0 Å². The molecule has 0 heterocycles. The molecule has 0 saturated carbocycles. The molecule has 1 aromatic carbocycles. The van der Waals surface area contributed by atoms with Crippen molar-refractivity contribution < 1.29 is 10.0 Å². The van der Waals surface area contributed by atoms with Crippen LogP contribution >= 0.6 is 0 Å². The molecule has 3 heteroatoms. The van der Waals surface area contributed by atoms with Crippen molar-refractivity contribution in [2.24, 2.45) is 5.92 Å². The molecular formula is C11H17BO2. The summed E-state index contributed by atoms with van der Waals surface area (Å²) in [5.74, 6) is 0.624. The quantitative estimate of drug-likeness (QED) is 0.697. The third-order valence-corrected chi connectivity index (χ3v) is 2.26. The maximum atomic E-state index is 9.03. The summed E-state index contributed by atoms with van der Waals surface area (Å²) in [7, 11) is -1.36. The average molecular weight is 192 g/mol. The van der Waals surface area contributed by atoms with Gasteiger partial charge in [-0.25, -0.2) is 0 Å². The van der Waals surface area contributed by atoms with Gasteiger partial charge in [0.05, 0.1) is 0 Å². The topological polar surface area (TPSA) is 40.5 Å². The van der Waals surface area contributed by atoms with Crippen LogP contribution < -0.4 is 5.46 Å². The molecule has 76 valence electrons. The van der Waals surface area contributed by atoms with Gasteiger partial charge in [-0.1, -0.05) is 37.6 Å². The molecule has 0 fully saturated rings. The van der Waals surface area contributed by atoms with Crippen LogP contribution in [0, 0.1) is 12.8 Å². The van der Waals surface area contributed by atoms with Crippen molar-refractivity contribution >= 4 is 12.6 Å². The van der Waals surface area contributed by atoms with Gasteiger partial charge < -0.3 is 10.0 Å². The Morgan fingerprint density at radius 2 is 1.93 bits per heavy atom. The Morgan fingerprint density at radius 3 is 2.36 bits per heavy atom. The van der Waals surface area contributed by atoms with Crippen LogP contribution in [0.2, 0.25) is 0 Å². The molecule has 0 bridgehead atoms. The first kappa shape index (κ1) is 11.3. The van der Waals surface area contributed by atoms with Crippen molar-refractivity contribution in [2.75, 3.05) is 0 Å². The summed E-state index contributed by atoms with van der Waals surface area (Å²) in [6.07, 6.45) is 1.03. The van der Waals surface area contributed by atoms with E-state index in [2.05, 4.69) is 13.8 Å². The first-order valence-corrected chi connectivity index (χ1v) is 4.96. The van der Waals surface area contributed by atoms with E-state index in [1.54, 1.807) is 6.07 Å². The van der Waals surface area contributed by atoms with Crippen LogP contribution in [0.3, 0.4) is 0 Å². The highest BCUT2D eigenvalue weighted by molar-refractivity contribution is 6.59. The smallest absolute Gasteiger partial charge is 0.423 e. The maximum Gasteiger partial charge on any atom is 0.488 e. The van der Waals surface area contributed by atoms with Gasteiger partial charge in [-0.2, -0.15) is 0 Å². The number of aryl methyl sites for hydroxylation is 1. The highest BCUT2D eigenvalue weighted by atomic mass is 16.4. The summed E-state index contributed by atoms with van der Waals surface area (Å²) in [6, 6.07) is 5.77. The number of rotatable bonds is 3. The van der Waals surface area contributed by atoms with Crippen molar-refractivity contribution in [3.8, 4) is 0 Å². The zero-order chi connectivity index (χ0) is 10.7. The number of hydrogen-bond acceptors (Lipinski definition) is 2. The van der Waals surface area contributed by atoms with Gasteiger partial charge >= 0.3 is 7.12 Å². The van der Waals surface area contributed by atoms with Crippen LogP contribution in [-0.2, 0) is 6.42 Å². The van der Waals surface area contributed by atoms with Crippen molar-refractivity contribution in [3.05, 3.63) is 29.3 Å². The minimum atomic E-state index is -1.36. The van der Waals surface area contributed by atoms with Gasteiger partial charge in [0.2, 0.25) is 0 Å². The Balaban J connectivity index is 2.89. The Bertz CT molecular complexity index is 308. The van der Waals surface area contributed by atoms with E-state index >= 15 is 0 Å². The lowest BCUT2D eigenvalue weighted by atomic mass is 9.76. The van der Waals surface area contributed by atoms with Crippen molar-refractivity contribution in [1.82, 2.24) is 0 Å². The van der Waals surface area contributed by atoms with E-state index in [9.17, 15) is 0 Å². The van der Waals surface area contributed by atoms with Gasteiger partial charge in [-0.05, 0) is 30.3 Å². The Kier molecular flexibility index (Phi) is 3.73. The summed E-state index contributed by atoms with van der Waals surface area (Å²) < 4.78 is 0. The lowest BCUT2D eigenvalue weighted by Crippen LogP contribution is -2.32. The van der Waals surface area contributed by atoms with Gasteiger partial charge in [-0.3, -0.25) is 0 Å². The molecule has 1 rings (SSSR count). The minimum Gasteiger partial charge on any atom is -0.423 e. The lowest BCUT2D eigenvalue weighted by molar-refractivity contribution is 0.425. The molecule has 2 N–H and O–H groups in total. The fourth-order valence-corrected chi connectivity index (χ4v) is 1.63. The molecule has 0 radical (unpaired) electrons. The first-order valence-electron chi connectivity index (χ1n) is 4.96. The molecule has 0 atom stereocenters. The number of hydrogen-bond donors (Lipinski definition) is 2. The van der Waals surface area contributed by atoms with Gasteiger partial charge in [0.1, 0.15) is 0 Å². The third kappa shape index (κ3) is 2.86. The summed E-state index contributed by atoms with van der Waals surface area (Å²) in [5.41, 5.74) is 2.79. The average Bonchev–Trinajstić information content (AvgIpc) is 2.01. The lowest BCUT2D eigenvalue weighted by Gasteiger charge is -2.09. The predicted octanol–water partition coefficient (Wildman–Crippen LogP) is 0.873. The molecule has 0 aromatic heterocycles. The second kappa shape index (κ2) is 4.62. The Hall–Kier alpha value is -0.795. The second-order valence-electron chi connectivity index (χ2n) is 4.16. The second-order valence-corrected chi connectivity index (χ2v) is 4.16. The highest BCUT2D eigenvalue weighted by Gasteiger charge is 2.13. The van der Waals surface area contributed by atoms with Crippen molar-refractivity contribution in [1.29, 1.82) is 0 Å². The molecule has 0 spiro atoms. The fraction of sp³-hybridized carbons (Fsp3) is 0.455. The summed E-state index contributed by atoms with van der Waals surface area (Å²) in [6.45, 7) is 6.24. The minimum absolute atomic E-state index is 0.595. The van der Waals surface area contributed by atoms with Crippen LogP contribution in [-0.4, -0.2) is 17.2 Å². The van der Waals surface area contributed by atoms with E-state index in [1.165, 1.54) is 5.56 Å². The van der Waals surface area contributed by atoms with Crippen LogP contribution in [0.5, 0.6) is 0 Å². The molecule has 0 unspecified atom stereocenters. The Morgan fingerprint density at radius 1 is 1.29 bits per heavy atom. The van der Waals surface area contributed by atoms with E-state index in [0.717, 1.165) is 12.0 Å². The largest absolute Gasteiger partial charge is 0.488 e. The Labute approximate surface area is 85.7 Å². The maximum absolute atomic E-state index is 9.03. The molecule has 1 aromatic rings. The monoisotopic (exact) mass is 192 g/mol. The number of benzene rings is 1. The van der Waals surface area contributed by atoms with E-state index in [1.807, 2.05) is 19.1 Å². The molecule has 0 aliphatic heterocycles. The standard InChI is InChI=1S/C11H17BO2/c1-8(2)6-10-4-5-11(12(13)14)9(3)7-10/h4-5,7-8,13-14H,6H2,1-3H3. The zero-order valence-corrected chi connectivity index (χ0v) is 8.99. The molecular weight excluding hydrogens is 175 g/mol. The summed E-state index contributed by atoms with van der Waals surface area (Å²) in [5, 5.41) is 18.1. The van der Waals surface area contributed by atoms with Gasteiger partial charge in [0, 0.05) is 0 Å². The van der Waals surface area contributed by atoms with E-state index < -0.39 is 7.12 Å². The zero-order valence-electron chi connectivity index (χ0n) is 8.99. The molecule has 0 aliphatic rings. The molecule has 2 nitrogen and oxygen atoms in total. The van der Waals surface area contributed by atoms with E-state index in [-0.39, 0.29) is 0 Å². The highest BCUT2D eigenvalue weighted by Crippen LogP contribution is 2.08. The first-order chi connectivity index (χ1) is 6.50. The normalized spacial score (nSPS) is 10.7. The van der Waals surface area contributed by atoms with E-state index in [0.29, 0.717) is 11.4 Å². The SMILES string of the molecule is Cc1cc(CC(C)C)ccc1B(O)O. The summed E-state index contributed by atoms with van der Waals surface area (Å²) in [4.78, 5) is 0. The molecule has 0 aliphatic carbocycles. The van der Waals surface area contributed by atoms with E-state index in [4.69, 9.17) is 10.0 Å². The van der Waals surface area contributed by atoms with Crippen molar-refractivity contribution in [2.45, 2.75) is 27.2 Å². The summed E-state index contributed by atoms with van der Waals surface area (Å²) >= 11 is 0. The third-order valence-electron chi connectivity index (χ3n) is 2.26. The van der Waals surface area contributed by atoms with Gasteiger partial charge in [-0.15, -0.1) is 0 Å².